The lowest BCUT2D eigenvalue weighted by molar-refractivity contribution is 0.678. The molecule has 1 aromatic heterocycles. The van der Waals surface area contributed by atoms with E-state index in [1.54, 1.807) is 0 Å². The summed E-state index contributed by atoms with van der Waals surface area (Å²) in [6.45, 7) is 2.08. The van der Waals surface area contributed by atoms with Crippen LogP contribution >= 0.6 is 0 Å². The van der Waals surface area contributed by atoms with E-state index in [0.29, 0.717) is 6.04 Å². The van der Waals surface area contributed by atoms with Crippen LogP contribution < -0.4 is 5.32 Å². The zero-order valence-electron chi connectivity index (χ0n) is 10.6. The minimum atomic E-state index is 0.426. The van der Waals surface area contributed by atoms with Crippen molar-refractivity contribution in [3.63, 3.8) is 0 Å². The van der Waals surface area contributed by atoms with Crippen LogP contribution in [0.3, 0.4) is 0 Å². The Morgan fingerprint density at radius 1 is 1.17 bits per heavy atom. The fraction of sp³-hybridized carbons (Fsp3) is 0.312. The Bertz CT molecular complexity index is 518. The van der Waals surface area contributed by atoms with Gasteiger partial charge in [0.25, 0.3) is 0 Å². The highest BCUT2D eigenvalue weighted by Crippen LogP contribution is 2.42. The molecule has 0 spiro atoms. The van der Waals surface area contributed by atoms with Crippen molar-refractivity contribution in [3.8, 4) is 0 Å². The van der Waals surface area contributed by atoms with Gasteiger partial charge in [-0.2, -0.15) is 0 Å². The van der Waals surface area contributed by atoms with E-state index in [9.17, 15) is 0 Å². The average molecular weight is 238 g/mol. The van der Waals surface area contributed by atoms with Gasteiger partial charge < -0.3 is 5.32 Å². The molecule has 0 amide bonds. The third-order valence-corrected chi connectivity index (χ3v) is 3.45. The van der Waals surface area contributed by atoms with Gasteiger partial charge >= 0.3 is 0 Å². The van der Waals surface area contributed by atoms with Crippen LogP contribution in [0.1, 0.15) is 30.0 Å². The molecule has 1 saturated carbocycles. The van der Waals surface area contributed by atoms with E-state index < -0.39 is 0 Å². The van der Waals surface area contributed by atoms with Gasteiger partial charge in [-0.25, -0.2) is 0 Å². The lowest BCUT2D eigenvalue weighted by atomic mass is 10.0. The predicted octanol–water partition coefficient (Wildman–Crippen LogP) is 3.95. The van der Waals surface area contributed by atoms with E-state index >= 15 is 0 Å². The third-order valence-electron chi connectivity index (χ3n) is 3.45. The Morgan fingerprint density at radius 3 is 2.61 bits per heavy atom. The first-order valence-corrected chi connectivity index (χ1v) is 6.56. The summed E-state index contributed by atoms with van der Waals surface area (Å²) in [4.78, 5) is 4.25. The highest BCUT2D eigenvalue weighted by atomic mass is 14.9. The summed E-state index contributed by atoms with van der Waals surface area (Å²) in [5, 5.41) is 3.64. The number of hydrogen-bond donors (Lipinski definition) is 1. The number of anilines is 1. The van der Waals surface area contributed by atoms with E-state index in [0.717, 1.165) is 11.6 Å². The molecular formula is C16H18N2. The molecule has 1 aliphatic carbocycles. The molecule has 0 saturated heterocycles. The van der Waals surface area contributed by atoms with Crippen LogP contribution in [0.2, 0.25) is 0 Å². The molecule has 2 nitrogen and oxygen atoms in total. The Morgan fingerprint density at radius 2 is 1.94 bits per heavy atom. The first-order valence-electron chi connectivity index (χ1n) is 6.56. The van der Waals surface area contributed by atoms with E-state index in [1.165, 1.54) is 24.0 Å². The van der Waals surface area contributed by atoms with Crippen LogP contribution in [0, 0.1) is 12.8 Å². The second kappa shape index (κ2) is 4.81. The zero-order valence-corrected chi connectivity index (χ0v) is 10.6. The molecule has 2 aromatic rings. The number of benzene rings is 1. The molecule has 1 N–H and O–H groups in total. The second-order valence-electron chi connectivity index (χ2n) is 5.12. The molecule has 1 aromatic carbocycles. The molecule has 2 heteroatoms. The number of pyridine rings is 1. The van der Waals surface area contributed by atoms with Gasteiger partial charge in [0.1, 0.15) is 0 Å². The molecule has 1 heterocycles. The maximum absolute atomic E-state index is 4.25. The van der Waals surface area contributed by atoms with Gasteiger partial charge in [0, 0.05) is 12.4 Å². The summed E-state index contributed by atoms with van der Waals surface area (Å²) in [7, 11) is 0. The van der Waals surface area contributed by atoms with Gasteiger partial charge in [-0.15, -0.1) is 0 Å². The number of nitrogens with zero attached hydrogens (tertiary/aromatic N) is 1. The van der Waals surface area contributed by atoms with Gasteiger partial charge in [-0.05, 0) is 42.9 Å². The standard InChI is InChI=1S/C16H18N2/c1-12-9-15(11-17-10-12)18-16(14-7-8-14)13-5-3-2-4-6-13/h2-6,9-11,14,16,18H,7-8H2,1H3. The van der Waals surface area contributed by atoms with Crippen molar-refractivity contribution in [2.75, 3.05) is 5.32 Å². The van der Waals surface area contributed by atoms with Gasteiger partial charge in [0.2, 0.25) is 0 Å². The number of aryl methyl sites for hydroxylation is 1. The van der Waals surface area contributed by atoms with Crippen LogP contribution in [-0.2, 0) is 0 Å². The van der Waals surface area contributed by atoms with Gasteiger partial charge in [0.15, 0.2) is 0 Å². The largest absolute Gasteiger partial charge is 0.377 e. The highest BCUT2D eigenvalue weighted by molar-refractivity contribution is 5.45. The minimum absolute atomic E-state index is 0.426. The van der Waals surface area contributed by atoms with Crippen molar-refractivity contribution in [1.29, 1.82) is 0 Å². The van der Waals surface area contributed by atoms with E-state index in [4.69, 9.17) is 0 Å². The smallest absolute Gasteiger partial charge is 0.0542 e. The predicted molar refractivity (Wildman–Crippen MR) is 74.5 cm³/mol. The molecule has 3 rings (SSSR count). The number of hydrogen-bond acceptors (Lipinski definition) is 2. The van der Waals surface area contributed by atoms with Gasteiger partial charge in [-0.3, -0.25) is 4.98 Å². The van der Waals surface area contributed by atoms with Crippen molar-refractivity contribution in [2.24, 2.45) is 5.92 Å². The molecule has 0 bridgehead atoms. The van der Waals surface area contributed by atoms with E-state index in [2.05, 4.69) is 53.6 Å². The monoisotopic (exact) mass is 238 g/mol. The maximum Gasteiger partial charge on any atom is 0.0542 e. The summed E-state index contributed by atoms with van der Waals surface area (Å²) < 4.78 is 0. The average Bonchev–Trinajstić information content (AvgIpc) is 3.21. The van der Waals surface area contributed by atoms with Crippen LogP contribution in [0.15, 0.2) is 48.8 Å². The Kier molecular flexibility index (Phi) is 3.01. The van der Waals surface area contributed by atoms with Gasteiger partial charge in [0.05, 0.1) is 11.7 Å². The van der Waals surface area contributed by atoms with Crippen molar-refractivity contribution in [2.45, 2.75) is 25.8 Å². The normalized spacial score (nSPS) is 16.3. The van der Waals surface area contributed by atoms with Crippen molar-refractivity contribution < 1.29 is 0 Å². The van der Waals surface area contributed by atoms with Crippen LogP contribution in [0.4, 0.5) is 5.69 Å². The van der Waals surface area contributed by atoms with E-state index in [1.807, 2.05) is 12.4 Å². The summed E-state index contributed by atoms with van der Waals surface area (Å²) in [6.07, 6.45) is 6.45. The zero-order chi connectivity index (χ0) is 12.4. The third kappa shape index (κ3) is 2.53. The number of nitrogens with one attached hydrogen (secondary N) is 1. The summed E-state index contributed by atoms with van der Waals surface area (Å²) in [5.41, 5.74) is 3.69. The van der Waals surface area contributed by atoms with Crippen LogP contribution in [-0.4, -0.2) is 4.98 Å². The molecule has 1 unspecified atom stereocenters. The number of rotatable bonds is 4. The lowest BCUT2D eigenvalue weighted by Gasteiger charge is -2.20. The molecule has 0 radical (unpaired) electrons. The SMILES string of the molecule is Cc1cncc(NC(c2ccccc2)C2CC2)c1. The summed E-state index contributed by atoms with van der Waals surface area (Å²) >= 11 is 0. The number of aromatic nitrogens is 1. The molecule has 1 aliphatic rings. The molecule has 92 valence electrons. The van der Waals surface area contributed by atoms with Crippen molar-refractivity contribution in [1.82, 2.24) is 4.98 Å². The molecule has 0 aliphatic heterocycles. The Labute approximate surface area is 108 Å². The Balaban J connectivity index is 1.83. The fourth-order valence-corrected chi connectivity index (χ4v) is 2.38. The highest BCUT2D eigenvalue weighted by Gasteiger charge is 2.32. The second-order valence-corrected chi connectivity index (χ2v) is 5.12. The quantitative estimate of drug-likeness (QED) is 0.872. The topological polar surface area (TPSA) is 24.9 Å². The summed E-state index contributed by atoms with van der Waals surface area (Å²) in [5.74, 6) is 0.771. The molecule has 1 fully saturated rings. The first-order chi connectivity index (χ1) is 8.83. The maximum atomic E-state index is 4.25. The van der Waals surface area contributed by atoms with Crippen LogP contribution in [0.5, 0.6) is 0 Å². The first kappa shape index (κ1) is 11.3. The molecular weight excluding hydrogens is 220 g/mol. The molecule has 1 atom stereocenters. The minimum Gasteiger partial charge on any atom is -0.377 e. The van der Waals surface area contributed by atoms with Gasteiger partial charge in [-0.1, -0.05) is 30.3 Å². The van der Waals surface area contributed by atoms with Crippen molar-refractivity contribution >= 4 is 5.69 Å². The summed E-state index contributed by atoms with van der Waals surface area (Å²) in [6, 6.07) is 13.3. The lowest BCUT2D eigenvalue weighted by Crippen LogP contribution is -2.13. The fourth-order valence-electron chi connectivity index (χ4n) is 2.38. The van der Waals surface area contributed by atoms with Crippen molar-refractivity contribution in [3.05, 3.63) is 59.9 Å². The Hall–Kier alpha value is -1.83. The van der Waals surface area contributed by atoms with E-state index in [-0.39, 0.29) is 0 Å². The molecule has 18 heavy (non-hydrogen) atoms. The van der Waals surface area contributed by atoms with Crippen LogP contribution in [0.25, 0.3) is 0 Å².